The van der Waals surface area contributed by atoms with Crippen LogP contribution in [0.2, 0.25) is 0 Å². The Morgan fingerprint density at radius 3 is 2.34 bits per heavy atom. The maximum absolute atomic E-state index is 15.1. The summed E-state index contributed by atoms with van der Waals surface area (Å²) in [5.74, 6) is -7.50. The number of ether oxygens (including phenoxy) is 1. The molecule has 0 radical (unpaired) electrons. The number of nitrogens with zero attached hydrogens (tertiary/aromatic N) is 8. The van der Waals surface area contributed by atoms with Crippen LogP contribution in [0, 0.1) is 0 Å². The van der Waals surface area contributed by atoms with Crippen molar-refractivity contribution in [3.05, 3.63) is 59.3 Å². The normalized spacial score (nSPS) is 21.7. The third-order valence-corrected chi connectivity index (χ3v) is 13.7. The van der Waals surface area contributed by atoms with Crippen molar-refractivity contribution in [1.29, 1.82) is 0 Å². The molecule has 2 aromatic carbocycles. The molecule has 9 rings (SSSR count). The molecule has 1 aliphatic carbocycles. The van der Waals surface area contributed by atoms with Crippen LogP contribution in [-0.4, -0.2) is 156 Å². The summed E-state index contributed by atoms with van der Waals surface area (Å²) in [5, 5.41) is 8.25. The summed E-state index contributed by atoms with van der Waals surface area (Å²) in [4.78, 5) is 121. The number of benzene rings is 2. The molecule has 6 aliphatic rings. The van der Waals surface area contributed by atoms with Gasteiger partial charge in [-0.3, -0.25) is 48.6 Å². The van der Waals surface area contributed by atoms with Gasteiger partial charge in [-0.15, -0.1) is 0 Å². The number of anilines is 5. The number of piperazine rings is 1. The number of hydrogen-bond donors (Lipinski definition) is 3. The molecule has 68 heavy (non-hydrogen) atoms. The Morgan fingerprint density at radius 1 is 0.882 bits per heavy atom. The summed E-state index contributed by atoms with van der Waals surface area (Å²) in [6.07, 6.45) is 5.06. The lowest BCUT2D eigenvalue weighted by molar-refractivity contribution is -0.140. The van der Waals surface area contributed by atoms with Gasteiger partial charge in [-0.1, -0.05) is 18.9 Å². The number of piperidine rings is 1. The average molecular weight is 940 g/mol. The third kappa shape index (κ3) is 8.73. The molecule has 358 valence electrons. The summed E-state index contributed by atoms with van der Waals surface area (Å²) < 4.78 is 35.7. The van der Waals surface area contributed by atoms with Crippen LogP contribution >= 0.6 is 0 Å². The molecule has 8 amide bonds. The first-order valence-electron chi connectivity index (χ1n) is 22.8. The molecule has 1 saturated carbocycles. The lowest BCUT2D eigenvalue weighted by Crippen LogP contribution is -2.54. The smallest absolute Gasteiger partial charge is 0.342 e. The van der Waals surface area contributed by atoms with Crippen molar-refractivity contribution < 1.29 is 51.9 Å². The quantitative estimate of drug-likeness (QED) is 0.235. The van der Waals surface area contributed by atoms with Gasteiger partial charge in [0.05, 0.1) is 42.4 Å². The molecule has 3 N–H and O–H groups in total. The van der Waals surface area contributed by atoms with E-state index in [0.29, 0.717) is 63.4 Å². The molecular weight excluding hydrogens is 889 g/mol. The van der Waals surface area contributed by atoms with Gasteiger partial charge in [0.25, 0.3) is 23.6 Å². The molecular formula is C46H51F2N11O9. The van der Waals surface area contributed by atoms with Gasteiger partial charge in [-0.25, -0.2) is 4.98 Å². The van der Waals surface area contributed by atoms with Gasteiger partial charge in [0.15, 0.2) is 5.82 Å². The lowest BCUT2D eigenvalue weighted by Gasteiger charge is -2.37. The summed E-state index contributed by atoms with van der Waals surface area (Å²) in [5.41, 5.74) is 1.75. The Kier molecular flexibility index (Phi) is 12.4. The number of likely N-dealkylation sites (tertiary alicyclic amines) is 1. The Bertz CT molecular complexity index is 2600. The zero-order chi connectivity index (χ0) is 48.0. The van der Waals surface area contributed by atoms with Crippen molar-refractivity contribution in [3.63, 3.8) is 0 Å². The number of methoxy groups -OCH3 is 1. The molecule has 0 spiro atoms. The second kappa shape index (κ2) is 18.4. The van der Waals surface area contributed by atoms with Crippen LogP contribution < -0.4 is 35.4 Å². The fourth-order valence-electron chi connectivity index (χ4n) is 10.0. The molecule has 20 nitrogen and oxygen atoms in total. The first-order valence-corrected chi connectivity index (χ1v) is 22.8. The number of fused-ring (bicyclic) bond motifs is 2. The second-order valence-electron chi connectivity index (χ2n) is 17.9. The summed E-state index contributed by atoms with van der Waals surface area (Å²) >= 11 is 0. The van der Waals surface area contributed by atoms with Crippen molar-refractivity contribution in [1.82, 2.24) is 35.3 Å². The van der Waals surface area contributed by atoms with Gasteiger partial charge in [-0.05, 0) is 56.0 Å². The number of amides is 8. The van der Waals surface area contributed by atoms with Crippen LogP contribution in [-0.2, 0) is 24.0 Å². The number of carbonyl (C=O) groups is 8. The fraction of sp³-hybridized carbons (Fsp3) is 0.478. The first-order chi connectivity index (χ1) is 32.6. The standard InChI is InChI=1S/C46H51F2N11O9/c1-54-33-23-49-45(53-39(33)58(28-6-3-4-7-28)25-46(47,48)44(54)67)51-30-11-10-26(22-34(30)68-2)40(63)50-27-16-17-57(24-27)37(62)15-14-36(61)56-20-18-55(19-21-56)31-9-5-8-29-38(31)43(66)59(42(29)65)32-12-13-35(60)52-41(32)64/h5,8-11,22-23,27-28,32H,3-4,6-7,12-21,24-25H2,1-2H3,(H,50,63)(H,49,51,53)(H,52,60,64)/t27-,32?/m0/s1. The van der Waals surface area contributed by atoms with Crippen molar-refractivity contribution in [2.45, 2.75) is 81.8 Å². The zero-order valence-electron chi connectivity index (χ0n) is 37.6. The van der Waals surface area contributed by atoms with Gasteiger partial charge in [0, 0.05) is 83.2 Å². The van der Waals surface area contributed by atoms with Crippen molar-refractivity contribution in [3.8, 4) is 5.75 Å². The van der Waals surface area contributed by atoms with Crippen LogP contribution in [0.1, 0.15) is 88.9 Å². The number of nitrogens with one attached hydrogen (secondary N) is 3. The molecule has 2 atom stereocenters. The number of imide groups is 2. The second-order valence-corrected chi connectivity index (χ2v) is 17.9. The Labute approximate surface area is 389 Å². The SMILES string of the molecule is COc1cc(C(=O)N[C@H]2CCN(C(=O)CCC(=O)N3CCN(c4cccc5c4C(=O)N(C4CCC(=O)NC4=O)C5=O)CC3)C2)ccc1Nc1ncc2c(n1)N(C1CCCC1)CC(F)(F)C(=O)N2C. The van der Waals surface area contributed by atoms with Crippen molar-refractivity contribution in [2.24, 2.45) is 0 Å². The van der Waals surface area contributed by atoms with Crippen molar-refractivity contribution >= 4 is 76.1 Å². The van der Waals surface area contributed by atoms with Crippen LogP contribution in [0.5, 0.6) is 5.75 Å². The van der Waals surface area contributed by atoms with E-state index < -0.39 is 54.0 Å². The first kappa shape index (κ1) is 45.9. The van der Waals surface area contributed by atoms with E-state index in [1.165, 1.54) is 37.4 Å². The van der Waals surface area contributed by atoms with Gasteiger partial charge in [0.1, 0.15) is 17.5 Å². The highest BCUT2D eigenvalue weighted by molar-refractivity contribution is 6.25. The molecule has 0 bridgehead atoms. The number of rotatable bonds is 11. The largest absolute Gasteiger partial charge is 0.495 e. The Morgan fingerprint density at radius 2 is 1.62 bits per heavy atom. The molecule has 22 heteroatoms. The van der Waals surface area contributed by atoms with Gasteiger partial charge >= 0.3 is 5.92 Å². The lowest BCUT2D eigenvalue weighted by atomic mass is 10.0. The molecule has 1 aromatic heterocycles. The van der Waals surface area contributed by atoms with Gasteiger partial charge in [0.2, 0.25) is 29.6 Å². The number of halogens is 2. The van der Waals surface area contributed by atoms with E-state index in [4.69, 9.17) is 4.74 Å². The van der Waals surface area contributed by atoms with E-state index in [9.17, 15) is 38.4 Å². The summed E-state index contributed by atoms with van der Waals surface area (Å²) in [7, 11) is 2.71. The van der Waals surface area contributed by atoms with Gasteiger partial charge in [-0.2, -0.15) is 13.8 Å². The predicted molar refractivity (Wildman–Crippen MR) is 240 cm³/mol. The number of aromatic nitrogens is 2. The van der Waals surface area contributed by atoms with E-state index in [-0.39, 0.29) is 96.0 Å². The van der Waals surface area contributed by atoms with E-state index in [2.05, 4.69) is 25.9 Å². The molecule has 4 fully saturated rings. The average Bonchev–Trinajstić information content (AvgIpc) is 4.09. The predicted octanol–water partition coefficient (Wildman–Crippen LogP) is 2.45. The van der Waals surface area contributed by atoms with Gasteiger partial charge < -0.3 is 39.9 Å². The van der Waals surface area contributed by atoms with E-state index in [0.717, 1.165) is 22.6 Å². The summed E-state index contributed by atoms with van der Waals surface area (Å²) in [6.45, 7) is 1.24. The Hall–Kier alpha value is -7.26. The summed E-state index contributed by atoms with van der Waals surface area (Å²) in [6, 6.07) is 8.02. The minimum atomic E-state index is -3.61. The van der Waals surface area contributed by atoms with Crippen LogP contribution in [0.15, 0.2) is 42.6 Å². The van der Waals surface area contributed by atoms with E-state index in [1.54, 1.807) is 34.1 Å². The molecule has 3 saturated heterocycles. The monoisotopic (exact) mass is 939 g/mol. The molecule has 1 unspecified atom stereocenters. The maximum atomic E-state index is 15.1. The zero-order valence-corrected chi connectivity index (χ0v) is 37.6. The highest BCUT2D eigenvalue weighted by Crippen LogP contribution is 2.40. The van der Waals surface area contributed by atoms with E-state index in [1.807, 2.05) is 4.90 Å². The van der Waals surface area contributed by atoms with Crippen LogP contribution in [0.25, 0.3) is 0 Å². The number of hydrogen-bond acceptors (Lipinski definition) is 14. The molecule has 3 aromatic rings. The highest BCUT2D eigenvalue weighted by Gasteiger charge is 2.49. The van der Waals surface area contributed by atoms with E-state index >= 15 is 8.78 Å². The van der Waals surface area contributed by atoms with Crippen molar-refractivity contribution in [2.75, 3.05) is 80.0 Å². The third-order valence-electron chi connectivity index (χ3n) is 13.7. The van der Waals surface area contributed by atoms with Crippen LogP contribution in [0.3, 0.4) is 0 Å². The molecule has 5 aliphatic heterocycles. The number of alkyl halides is 2. The fourth-order valence-corrected chi connectivity index (χ4v) is 10.0. The maximum Gasteiger partial charge on any atom is 0.342 e. The van der Waals surface area contributed by atoms with Crippen LogP contribution in [0.4, 0.5) is 37.6 Å². The highest BCUT2D eigenvalue weighted by atomic mass is 19.3. The molecule has 6 heterocycles. The number of carbonyl (C=O) groups excluding carboxylic acids is 8. The Balaban J connectivity index is 0.756. The minimum absolute atomic E-state index is 0.0108. The topological polar surface area (TPSA) is 227 Å². The minimum Gasteiger partial charge on any atom is -0.495 e.